The monoisotopic (exact) mass is 919 g/mol. The molecule has 0 aromatic rings. The van der Waals surface area contributed by atoms with E-state index in [2.05, 4.69) is 106 Å². The van der Waals surface area contributed by atoms with Crippen LogP contribution in [0.3, 0.4) is 0 Å². The molecule has 0 fully saturated rings. The Labute approximate surface area is 409 Å². The van der Waals surface area contributed by atoms with Crippen molar-refractivity contribution in [2.45, 2.75) is 271 Å². The van der Waals surface area contributed by atoms with Crippen LogP contribution in [0.2, 0.25) is 0 Å². The fourth-order valence-electron chi connectivity index (χ4n) is 7.70. The number of carbonyl (C=O) groups is 2. The van der Waals surface area contributed by atoms with Crippen LogP contribution >= 0.6 is 0 Å². The third kappa shape index (κ3) is 53.7. The Bertz CT molecular complexity index is 1220. The zero-order valence-electron chi connectivity index (χ0n) is 43.7. The molecule has 0 aromatic carbocycles. The van der Waals surface area contributed by atoms with Crippen molar-refractivity contribution in [3.8, 4) is 0 Å². The van der Waals surface area contributed by atoms with E-state index >= 15 is 0 Å². The van der Waals surface area contributed by atoms with Gasteiger partial charge in [-0.05, 0) is 116 Å². The largest absolute Gasteiger partial charge is 0.462 e. The number of unbranched alkanes of at least 4 members (excludes halogenated alkanes) is 26. The number of esters is 2. The zero-order chi connectivity index (χ0) is 47.7. The van der Waals surface area contributed by atoms with Gasteiger partial charge in [0.15, 0.2) is 6.10 Å². The first-order valence-electron chi connectivity index (χ1n) is 28.1. The van der Waals surface area contributed by atoms with Gasteiger partial charge >= 0.3 is 11.9 Å². The lowest BCUT2D eigenvalue weighted by Crippen LogP contribution is -2.30. The lowest BCUT2D eigenvalue weighted by molar-refractivity contribution is -0.163. The Kier molecular flexibility index (Phi) is 53.9. The van der Waals surface area contributed by atoms with Crippen LogP contribution in [0.4, 0.5) is 0 Å². The predicted molar refractivity (Wildman–Crippen MR) is 288 cm³/mol. The molecule has 0 rings (SSSR count). The van der Waals surface area contributed by atoms with Gasteiger partial charge in [0.05, 0.1) is 6.61 Å². The lowest BCUT2D eigenvalue weighted by atomic mass is 10.1. The van der Waals surface area contributed by atoms with Crippen molar-refractivity contribution in [3.63, 3.8) is 0 Å². The van der Waals surface area contributed by atoms with Crippen molar-refractivity contribution in [2.24, 2.45) is 0 Å². The molecule has 0 aromatic heterocycles. The highest BCUT2D eigenvalue weighted by Crippen LogP contribution is 2.14. The van der Waals surface area contributed by atoms with E-state index in [1.54, 1.807) is 0 Å². The molecular weight excluding hydrogens is 813 g/mol. The Morgan fingerprint density at radius 2 is 0.682 bits per heavy atom. The maximum Gasteiger partial charge on any atom is 0.306 e. The van der Waals surface area contributed by atoms with Crippen LogP contribution in [0.15, 0.2) is 85.1 Å². The molecule has 5 heteroatoms. The van der Waals surface area contributed by atoms with E-state index in [0.717, 1.165) is 89.9 Å². The Morgan fingerprint density at radius 1 is 0.348 bits per heavy atom. The minimum absolute atomic E-state index is 0.0694. The van der Waals surface area contributed by atoms with Crippen molar-refractivity contribution >= 4 is 11.9 Å². The number of hydrogen-bond acceptors (Lipinski definition) is 5. The molecule has 380 valence electrons. The van der Waals surface area contributed by atoms with E-state index in [-0.39, 0.29) is 25.2 Å². The van der Waals surface area contributed by atoms with Gasteiger partial charge in [-0.25, -0.2) is 0 Å². The van der Waals surface area contributed by atoms with E-state index in [1.807, 2.05) is 0 Å². The molecule has 0 saturated carbocycles. The van der Waals surface area contributed by atoms with Crippen molar-refractivity contribution in [2.75, 3.05) is 19.8 Å². The number of carbonyl (C=O) groups excluding carboxylic acids is 2. The second-order valence-electron chi connectivity index (χ2n) is 18.4. The summed E-state index contributed by atoms with van der Waals surface area (Å²) in [5.74, 6) is -0.422. The maximum atomic E-state index is 12.8. The molecule has 66 heavy (non-hydrogen) atoms. The molecule has 0 N–H and O–H groups in total. The predicted octanol–water partition coefficient (Wildman–Crippen LogP) is 19.2. The van der Waals surface area contributed by atoms with Gasteiger partial charge in [0.1, 0.15) is 6.61 Å². The molecule has 5 nitrogen and oxygen atoms in total. The van der Waals surface area contributed by atoms with Gasteiger partial charge in [-0.3, -0.25) is 9.59 Å². The van der Waals surface area contributed by atoms with Crippen LogP contribution in [-0.2, 0) is 23.8 Å². The van der Waals surface area contributed by atoms with Crippen LogP contribution in [0.5, 0.6) is 0 Å². The van der Waals surface area contributed by atoms with Gasteiger partial charge in [-0.1, -0.05) is 221 Å². The van der Waals surface area contributed by atoms with Gasteiger partial charge in [-0.15, -0.1) is 0 Å². The number of hydrogen-bond donors (Lipinski definition) is 0. The van der Waals surface area contributed by atoms with Crippen molar-refractivity contribution < 1.29 is 23.8 Å². The maximum absolute atomic E-state index is 12.8. The van der Waals surface area contributed by atoms with Crippen molar-refractivity contribution in [3.05, 3.63) is 85.1 Å². The smallest absolute Gasteiger partial charge is 0.306 e. The number of allylic oxidation sites excluding steroid dienone is 14. The minimum atomic E-state index is -0.554. The summed E-state index contributed by atoms with van der Waals surface area (Å²) in [5.41, 5.74) is 0. The summed E-state index contributed by atoms with van der Waals surface area (Å²) in [5, 5.41) is 0. The second kappa shape index (κ2) is 56.4. The van der Waals surface area contributed by atoms with Crippen molar-refractivity contribution in [1.29, 1.82) is 0 Å². The van der Waals surface area contributed by atoms with Gasteiger partial charge in [0.2, 0.25) is 0 Å². The summed E-state index contributed by atoms with van der Waals surface area (Å²) in [6.07, 6.45) is 74.5. The highest BCUT2D eigenvalue weighted by atomic mass is 16.6. The SMILES string of the molecule is CC/C=C\C/C=C\C/C=C\C/C=C\CCCCCCCCC(=O)OCC(COCCCCCCCC/C=C\CCCCCC)OC(=O)CCCCCCCCC/C=C\C/C=C\CCCCC. The van der Waals surface area contributed by atoms with E-state index in [1.165, 1.54) is 141 Å². The molecule has 0 aliphatic carbocycles. The molecule has 0 aliphatic heterocycles. The highest BCUT2D eigenvalue weighted by Gasteiger charge is 2.17. The summed E-state index contributed by atoms with van der Waals surface area (Å²) in [6.45, 7) is 7.66. The standard InChI is InChI=1S/C61H106O5/c1-4-7-10-13-16-19-22-25-28-30-31-33-34-36-39-42-45-48-51-54-60(62)65-58-59(57-64-56-53-50-47-44-41-38-27-24-21-18-15-12-9-6-3)66-61(63)55-52-49-46-43-40-37-35-32-29-26-23-20-17-14-11-8-5-2/h7,10,16-17,19-21,24-26,28-29,31,33,59H,4-6,8-9,11-15,18,22-23,27,30,32,34-58H2,1-3H3/b10-7-,19-16-,20-17-,24-21-,28-25-,29-26-,33-31-. The van der Waals surface area contributed by atoms with E-state index in [9.17, 15) is 9.59 Å². The summed E-state index contributed by atoms with van der Waals surface area (Å²) in [4.78, 5) is 25.5. The first-order valence-corrected chi connectivity index (χ1v) is 28.1. The topological polar surface area (TPSA) is 61.8 Å². The molecule has 0 heterocycles. The lowest BCUT2D eigenvalue weighted by Gasteiger charge is -2.18. The second-order valence-corrected chi connectivity index (χ2v) is 18.4. The molecule has 0 spiro atoms. The summed E-state index contributed by atoms with van der Waals surface area (Å²) < 4.78 is 17.4. The highest BCUT2D eigenvalue weighted by molar-refractivity contribution is 5.70. The molecule has 0 aliphatic rings. The van der Waals surface area contributed by atoms with Gasteiger partial charge in [0, 0.05) is 19.4 Å². The van der Waals surface area contributed by atoms with Crippen LogP contribution in [-0.4, -0.2) is 37.9 Å². The van der Waals surface area contributed by atoms with Gasteiger partial charge in [-0.2, -0.15) is 0 Å². The molecule has 0 saturated heterocycles. The normalized spacial score (nSPS) is 12.8. The van der Waals surface area contributed by atoms with Gasteiger partial charge < -0.3 is 14.2 Å². The number of rotatable bonds is 51. The molecule has 1 unspecified atom stereocenters. The third-order valence-corrected chi connectivity index (χ3v) is 11.9. The Hall–Kier alpha value is -2.92. The van der Waals surface area contributed by atoms with Crippen LogP contribution in [0.1, 0.15) is 265 Å². The van der Waals surface area contributed by atoms with Crippen LogP contribution in [0.25, 0.3) is 0 Å². The minimum Gasteiger partial charge on any atom is -0.462 e. The average molecular weight is 920 g/mol. The van der Waals surface area contributed by atoms with Crippen molar-refractivity contribution in [1.82, 2.24) is 0 Å². The average Bonchev–Trinajstić information content (AvgIpc) is 3.32. The molecule has 0 bridgehead atoms. The molecule has 1 atom stereocenters. The summed E-state index contributed by atoms with van der Waals surface area (Å²) in [7, 11) is 0. The summed E-state index contributed by atoms with van der Waals surface area (Å²) in [6, 6.07) is 0. The Balaban J connectivity index is 4.32. The summed E-state index contributed by atoms with van der Waals surface area (Å²) >= 11 is 0. The molecule has 0 radical (unpaired) electrons. The Morgan fingerprint density at radius 3 is 1.14 bits per heavy atom. The quantitative estimate of drug-likeness (QED) is 0.0346. The zero-order valence-corrected chi connectivity index (χ0v) is 43.7. The molecule has 0 amide bonds. The first kappa shape index (κ1) is 63.1. The van der Waals surface area contributed by atoms with E-state index < -0.39 is 6.10 Å². The first-order chi connectivity index (χ1) is 32.6. The fraction of sp³-hybridized carbons (Fsp3) is 0.738. The third-order valence-electron chi connectivity index (χ3n) is 11.9. The van der Waals surface area contributed by atoms with E-state index in [0.29, 0.717) is 19.4 Å². The fourth-order valence-corrected chi connectivity index (χ4v) is 7.70. The van der Waals surface area contributed by atoms with Crippen LogP contribution in [0, 0.1) is 0 Å². The van der Waals surface area contributed by atoms with Gasteiger partial charge in [0.25, 0.3) is 0 Å². The van der Waals surface area contributed by atoms with Crippen LogP contribution < -0.4 is 0 Å². The number of ether oxygens (including phenoxy) is 3. The molecular formula is C61H106O5. The van der Waals surface area contributed by atoms with E-state index in [4.69, 9.17) is 14.2 Å².